The molecule has 0 atom stereocenters. The Bertz CT molecular complexity index is 452. The summed E-state index contributed by atoms with van der Waals surface area (Å²) in [6.45, 7) is 7.53. The van der Waals surface area contributed by atoms with Crippen LogP contribution in [-0.2, 0) is 4.79 Å². The van der Waals surface area contributed by atoms with Gasteiger partial charge in [-0.3, -0.25) is 9.59 Å². The van der Waals surface area contributed by atoms with Gasteiger partial charge in [0.1, 0.15) is 0 Å². The lowest BCUT2D eigenvalue weighted by molar-refractivity contribution is -0.129. The molecule has 0 spiro atoms. The molecule has 0 saturated carbocycles. The molecule has 20 heavy (non-hydrogen) atoms. The Morgan fingerprint density at radius 1 is 1.15 bits per heavy atom. The maximum absolute atomic E-state index is 12.1. The third-order valence-corrected chi connectivity index (χ3v) is 3.05. The average Bonchev–Trinajstić information content (AvgIpc) is 2.45. The first-order chi connectivity index (χ1) is 9.58. The Hall–Kier alpha value is -1.84. The molecule has 4 nitrogen and oxygen atoms in total. The van der Waals surface area contributed by atoms with E-state index in [1.165, 1.54) is 6.92 Å². The molecule has 0 saturated heterocycles. The van der Waals surface area contributed by atoms with Crippen molar-refractivity contribution in [2.24, 2.45) is 0 Å². The van der Waals surface area contributed by atoms with Gasteiger partial charge in [-0.05, 0) is 31.9 Å². The van der Waals surface area contributed by atoms with Crippen LogP contribution in [0.2, 0.25) is 0 Å². The van der Waals surface area contributed by atoms with Crippen LogP contribution in [-0.4, -0.2) is 36.2 Å². The van der Waals surface area contributed by atoms with Crippen LogP contribution in [0.4, 0.5) is 5.69 Å². The quantitative estimate of drug-likeness (QED) is 0.743. The van der Waals surface area contributed by atoms with Crippen LogP contribution in [0.15, 0.2) is 24.3 Å². The Balaban J connectivity index is 2.59. The largest absolute Gasteiger partial charge is 0.376 e. The standard InChI is InChI=1S/C16H24N2O2/c1-4-9-18(10-5-2)16(20)12-17-15-8-6-7-14(11-15)13(3)19/h6-8,11,17H,4-5,9-10,12H2,1-3H3. The third-order valence-electron chi connectivity index (χ3n) is 3.05. The maximum atomic E-state index is 12.1. The Kier molecular flexibility index (Phi) is 6.77. The summed E-state index contributed by atoms with van der Waals surface area (Å²) in [5.74, 6) is 0.125. The SMILES string of the molecule is CCCN(CCC)C(=O)CNc1cccc(C(C)=O)c1. The van der Waals surface area contributed by atoms with Gasteiger partial charge in [0.25, 0.3) is 0 Å². The van der Waals surface area contributed by atoms with E-state index < -0.39 is 0 Å². The molecule has 0 heterocycles. The number of hydrogen-bond donors (Lipinski definition) is 1. The molecule has 1 N–H and O–H groups in total. The van der Waals surface area contributed by atoms with Gasteiger partial charge in [0.15, 0.2) is 5.78 Å². The molecule has 4 heteroatoms. The fraction of sp³-hybridized carbons (Fsp3) is 0.500. The number of hydrogen-bond acceptors (Lipinski definition) is 3. The molecule has 0 aliphatic carbocycles. The zero-order valence-corrected chi connectivity index (χ0v) is 12.6. The summed E-state index contributed by atoms with van der Waals surface area (Å²) in [5, 5.41) is 3.09. The van der Waals surface area contributed by atoms with E-state index in [-0.39, 0.29) is 18.2 Å². The monoisotopic (exact) mass is 276 g/mol. The number of ketones is 1. The smallest absolute Gasteiger partial charge is 0.241 e. The first kappa shape index (κ1) is 16.2. The lowest BCUT2D eigenvalue weighted by Crippen LogP contribution is -2.36. The van der Waals surface area contributed by atoms with Crippen molar-refractivity contribution in [3.8, 4) is 0 Å². The van der Waals surface area contributed by atoms with Crippen molar-refractivity contribution in [1.82, 2.24) is 4.90 Å². The van der Waals surface area contributed by atoms with E-state index in [1.807, 2.05) is 17.0 Å². The van der Waals surface area contributed by atoms with Gasteiger partial charge >= 0.3 is 0 Å². The number of nitrogens with one attached hydrogen (secondary N) is 1. The minimum atomic E-state index is 0.0265. The number of amides is 1. The van der Waals surface area contributed by atoms with Crippen molar-refractivity contribution in [3.63, 3.8) is 0 Å². The summed E-state index contributed by atoms with van der Waals surface area (Å²) in [6, 6.07) is 7.23. The molecular weight excluding hydrogens is 252 g/mol. The van der Waals surface area contributed by atoms with E-state index in [1.54, 1.807) is 12.1 Å². The number of benzene rings is 1. The molecule has 110 valence electrons. The van der Waals surface area contributed by atoms with E-state index in [0.717, 1.165) is 31.6 Å². The molecule has 1 aromatic carbocycles. The first-order valence-corrected chi connectivity index (χ1v) is 7.21. The molecular formula is C16H24N2O2. The first-order valence-electron chi connectivity index (χ1n) is 7.21. The average molecular weight is 276 g/mol. The second-order valence-electron chi connectivity index (χ2n) is 4.87. The van der Waals surface area contributed by atoms with Crippen molar-refractivity contribution in [2.75, 3.05) is 25.0 Å². The van der Waals surface area contributed by atoms with Crippen LogP contribution in [0.3, 0.4) is 0 Å². The zero-order chi connectivity index (χ0) is 15.0. The molecule has 1 rings (SSSR count). The molecule has 0 aliphatic rings. The molecule has 0 fully saturated rings. The van der Waals surface area contributed by atoms with Crippen molar-refractivity contribution in [2.45, 2.75) is 33.6 Å². The van der Waals surface area contributed by atoms with Crippen LogP contribution in [0, 0.1) is 0 Å². The van der Waals surface area contributed by atoms with Gasteiger partial charge in [0, 0.05) is 24.3 Å². The lowest BCUT2D eigenvalue weighted by atomic mass is 10.1. The van der Waals surface area contributed by atoms with Gasteiger partial charge in [0.05, 0.1) is 6.54 Å². The van der Waals surface area contributed by atoms with Crippen LogP contribution >= 0.6 is 0 Å². The minimum absolute atomic E-state index is 0.0265. The number of rotatable bonds is 8. The van der Waals surface area contributed by atoms with Crippen LogP contribution in [0.5, 0.6) is 0 Å². The normalized spacial score (nSPS) is 10.2. The molecule has 0 aliphatic heterocycles. The topological polar surface area (TPSA) is 49.4 Å². The fourth-order valence-corrected chi connectivity index (χ4v) is 2.04. The number of anilines is 1. The van der Waals surface area contributed by atoms with E-state index >= 15 is 0 Å². The highest BCUT2D eigenvalue weighted by atomic mass is 16.2. The van der Waals surface area contributed by atoms with Crippen molar-refractivity contribution >= 4 is 17.4 Å². The molecule has 0 bridgehead atoms. The van der Waals surface area contributed by atoms with Crippen molar-refractivity contribution in [3.05, 3.63) is 29.8 Å². The molecule has 0 aromatic heterocycles. The number of nitrogens with zero attached hydrogens (tertiary/aromatic N) is 1. The van der Waals surface area contributed by atoms with Gasteiger partial charge in [-0.25, -0.2) is 0 Å². The van der Waals surface area contributed by atoms with Crippen LogP contribution in [0.1, 0.15) is 44.0 Å². The molecule has 0 radical (unpaired) electrons. The van der Waals surface area contributed by atoms with Crippen LogP contribution < -0.4 is 5.32 Å². The third kappa shape index (κ3) is 5.03. The summed E-state index contributed by atoms with van der Waals surface area (Å²) >= 11 is 0. The summed E-state index contributed by atoms with van der Waals surface area (Å²) in [7, 11) is 0. The van der Waals surface area contributed by atoms with Crippen molar-refractivity contribution < 1.29 is 9.59 Å². The Morgan fingerprint density at radius 3 is 2.35 bits per heavy atom. The highest BCUT2D eigenvalue weighted by Gasteiger charge is 2.11. The predicted molar refractivity (Wildman–Crippen MR) is 82.1 cm³/mol. The van der Waals surface area contributed by atoms with Crippen LogP contribution in [0.25, 0.3) is 0 Å². The second-order valence-corrected chi connectivity index (χ2v) is 4.87. The minimum Gasteiger partial charge on any atom is -0.376 e. The predicted octanol–water partition coefficient (Wildman–Crippen LogP) is 2.95. The van der Waals surface area contributed by atoms with Gasteiger partial charge < -0.3 is 10.2 Å². The van der Waals surface area contributed by atoms with Gasteiger partial charge in [0.2, 0.25) is 5.91 Å². The van der Waals surface area contributed by atoms with Gasteiger partial charge in [-0.1, -0.05) is 26.0 Å². The molecule has 1 amide bonds. The van der Waals surface area contributed by atoms with Gasteiger partial charge in [-0.2, -0.15) is 0 Å². The summed E-state index contributed by atoms with van der Waals surface area (Å²) < 4.78 is 0. The highest BCUT2D eigenvalue weighted by molar-refractivity contribution is 5.95. The number of carbonyl (C=O) groups excluding carboxylic acids is 2. The molecule has 1 aromatic rings. The number of carbonyl (C=O) groups is 2. The van der Waals surface area contributed by atoms with E-state index in [9.17, 15) is 9.59 Å². The second kappa shape index (κ2) is 8.35. The van der Waals surface area contributed by atoms with E-state index in [2.05, 4.69) is 19.2 Å². The highest BCUT2D eigenvalue weighted by Crippen LogP contribution is 2.11. The maximum Gasteiger partial charge on any atom is 0.241 e. The summed E-state index contributed by atoms with van der Waals surface area (Å²) in [5.41, 5.74) is 1.46. The zero-order valence-electron chi connectivity index (χ0n) is 12.6. The summed E-state index contributed by atoms with van der Waals surface area (Å²) in [6.07, 6.45) is 1.93. The fourth-order valence-electron chi connectivity index (χ4n) is 2.04. The van der Waals surface area contributed by atoms with E-state index in [0.29, 0.717) is 5.56 Å². The Morgan fingerprint density at radius 2 is 1.80 bits per heavy atom. The lowest BCUT2D eigenvalue weighted by Gasteiger charge is -2.21. The molecule has 0 unspecified atom stereocenters. The van der Waals surface area contributed by atoms with Gasteiger partial charge in [-0.15, -0.1) is 0 Å². The van der Waals surface area contributed by atoms with Crippen molar-refractivity contribution in [1.29, 1.82) is 0 Å². The summed E-state index contributed by atoms with van der Waals surface area (Å²) in [4.78, 5) is 25.3. The number of Topliss-reactive ketones (excluding diaryl/α,β-unsaturated/α-hetero) is 1. The Labute approximate surface area is 121 Å². The van der Waals surface area contributed by atoms with E-state index in [4.69, 9.17) is 0 Å².